The van der Waals surface area contributed by atoms with Crippen LogP contribution in [0.5, 0.6) is 0 Å². The highest BCUT2D eigenvalue weighted by Gasteiger charge is 2.29. The van der Waals surface area contributed by atoms with Crippen LogP contribution in [0.25, 0.3) is 0 Å². The highest BCUT2D eigenvalue weighted by atomic mass is 16.5. The quantitative estimate of drug-likeness (QED) is 0.132. The first-order valence-corrected chi connectivity index (χ1v) is 11.3. The van der Waals surface area contributed by atoms with Crippen LogP contribution in [0, 0.1) is 11.8 Å². The second-order valence-electron chi connectivity index (χ2n) is 7.88. The lowest BCUT2D eigenvalue weighted by atomic mass is 9.95. The lowest BCUT2D eigenvalue weighted by Gasteiger charge is -2.15. The molecule has 0 fully saturated rings. The van der Waals surface area contributed by atoms with E-state index in [0.717, 1.165) is 32.1 Å². The van der Waals surface area contributed by atoms with Gasteiger partial charge in [0, 0.05) is 0 Å². The number of hydrogen-bond acceptors (Lipinski definition) is 3. The first-order valence-electron chi connectivity index (χ1n) is 11.3. The Hall–Kier alpha value is -1.58. The van der Waals surface area contributed by atoms with Gasteiger partial charge in [0.05, 0.1) is 6.61 Å². The Morgan fingerprint density at radius 3 is 1.89 bits per heavy atom. The van der Waals surface area contributed by atoms with Crippen molar-refractivity contribution < 1.29 is 14.3 Å². The number of nitrogens with two attached hydrogens (primary N) is 1. The molecule has 0 bridgehead atoms. The third kappa shape index (κ3) is 15.5. The normalized spacial score (nSPS) is 12.9. The summed E-state index contributed by atoms with van der Waals surface area (Å²) in [4.78, 5) is 23.1. The number of carbonyl (C=O) groups is 2. The average Bonchev–Trinajstić information content (AvgIpc) is 2.63. The molecule has 4 nitrogen and oxygen atoms in total. The smallest absolute Gasteiger partial charge is 0.318 e. The van der Waals surface area contributed by atoms with Crippen LogP contribution >= 0.6 is 0 Å². The van der Waals surface area contributed by atoms with Crippen molar-refractivity contribution in [2.75, 3.05) is 6.61 Å². The summed E-state index contributed by atoms with van der Waals surface area (Å²) < 4.78 is 5.19. The number of rotatable bonds is 18. The van der Waals surface area contributed by atoms with E-state index in [2.05, 4.69) is 31.2 Å². The molecule has 28 heavy (non-hydrogen) atoms. The van der Waals surface area contributed by atoms with Gasteiger partial charge in [0.1, 0.15) is 5.92 Å². The van der Waals surface area contributed by atoms with E-state index < -0.39 is 17.8 Å². The first kappa shape index (κ1) is 26.4. The number of ether oxygens (including phenoxy) is 1. The van der Waals surface area contributed by atoms with Crippen LogP contribution in [0.4, 0.5) is 0 Å². The molecule has 0 aromatic rings. The van der Waals surface area contributed by atoms with Crippen molar-refractivity contribution in [1.82, 2.24) is 0 Å². The van der Waals surface area contributed by atoms with Gasteiger partial charge in [-0.25, -0.2) is 0 Å². The monoisotopic (exact) mass is 393 g/mol. The zero-order valence-corrected chi connectivity index (χ0v) is 18.5. The summed E-state index contributed by atoms with van der Waals surface area (Å²) in [5, 5.41) is 0. The summed E-state index contributed by atoms with van der Waals surface area (Å²) in [5.74, 6) is -2.03. The fourth-order valence-corrected chi connectivity index (χ4v) is 3.07. The van der Waals surface area contributed by atoms with E-state index in [1.807, 2.05) is 0 Å². The predicted octanol–water partition coefficient (Wildman–Crippen LogP) is 6.10. The van der Waals surface area contributed by atoms with Crippen molar-refractivity contribution in [3.05, 3.63) is 24.3 Å². The Kier molecular flexibility index (Phi) is 17.7. The minimum atomic E-state index is -0.829. The minimum absolute atomic E-state index is 0.124. The molecule has 162 valence electrons. The van der Waals surface area contributed by atoms with Crippen molar-refractivity contribution in [2.24, 2.45) is 17.6 Å². The molecule has 0 spiro atoms. The zero-order chi connectivity index (χ0) is 21.0. The number of allylic oxidation sites excluding steroid dienone is 4. The van der Waals surface area contributed by atoms with Crippen LogP contribution in [0.15, 0.2) is 24.3 Å². The minimum Gasteiger partial charge on any atom is -0.465 e. The van der Waals surface area contributed by atoms with E-state index in [-0.39, 0.29) is 5.92 Å². The fraction of sp³-hybridized carbons (Fsp3) is 0.750. The van der Waals surface area contributed by atoms with Crippen LogP contribution in [-0.4, -0.2) is 18.5 Å². The Labute approximate surface area is 173 Å². The van der Waals surface area contributed by atoms with Gasteiger partial charge in [0.25, 0.3) is 0 Å². The summed E-state index contributed by atoms with van der Waals surface area (Å²) in [6, 6.07) is 0. The van der Waals surface area contributed by atoms with Gasteiger partial charge in [-0.1, -0.05) is 83.6 Å². The lowest BCUT2D eigenvalue weighted by Crippen LogP contribution is -2.35. The van der Waals surface area contributed by atoms with Crippen molar-refractivity contribution in [3.63, 3.8) is 0 Å². The number of unbranched alkanes of at least 4 members (excludes halogenated alkanes) is 9. The molecule has 0 radical (unpaired) electrons. The molecule has 2 N–H and O–H groups in total. The van der Waals surface area contributed by atoms with E-state index >= 15 is 0 Å². The Bertz CT molecular complexity index is 455. The SMILES string of the molecule is CCCCCC=CCC=CCCCCCCCCOC(=O)[C@H](C(N)=O)C(C)C. The van der Waals surface area contributed by atoms with Crippen molar-refractivity contribution >= 4 is 11.9 Å². The Balaban J connectivity index is 3.47. The van der Waals surface area contributed by atoms with Crippen LogP contribution in [0.1, 0.15) is 97.8 Å². The molecule has 4 heteroatoms. The van der Waals surface area contributed by atoms with Gasteiger partial charge in [-0.3, -0.25) is 9.59 Å². The number of esters is 1. The summed E-state index contributed by atoms with van der Waals surface area (Å²) in [6.07, 6.45) is 23.2. The molecule has 0 saturated carbocycles. The maximum absolute atomic E-state index is 11.9. The molecular weight excluding hydrogens is 350 g/mol. The number of amides is 1. The van der Waals surface area contributed by atoms with Gasteiger partial charge in [0.2, 0.25) is 5.91 Å². The molecule has 1 atom stereocenters. The summed E-state index contributed by atoms with van der Waals surface area (Å²) >= 11 is 0. The molecule has 0 saturated heterocycles. The van der Waals surface area contributed by atoms with Crippen LogP contribution in [0.3, 0.4) is 0 Å². The summed E-state index contributed by atoms with van der Waals surface area (Å²) in [5.41, 5.74) is 5.26. The number of carbonyl (C=O) groups excluding carboxylic acids is 2. The molecule has 0 aromatic heterocycles. The maximum Gasteiger partial charge on any atom is 0.318 e. The Morgan fingerprint density at radius 2 is 1.36 bits per heavy atom. The van der Waals surface area contributed by atoms with Gasteiger partial charge < -0.3 is 10.5 Å². The molecule has 0 rings (SSSR count). The average molecular weight is 394 g/mol. The third-order valence-electron chi connectivity index (χ3n) is 4.82. The highest BCUT2D eigenvalue weighted by molar-refractivity contribution is 5.97. The third-order valence-corrected chi connectivity index (χ3v) is 4.82. The van der Waals surface area contributed by atoms with E-state index in [1.165, 1.54) is 44.9 Å². The van der Waals surface area contributed by atoms with Crippen LogP contribution < -0.4 is 5.73 Å². The molecule has 0 aliphatic heterocycles. The molecule has 1 amide bonds. The first-order chi connectivity index (χ1) is 13.5. The van der Waals surface area contributed by atoms with E-state index in [0.29, 0.717) is 6.61 Å². The van der Waals surface area contributed by atoms with Gasteiger partial charge in [-0.2, -0.15) is 0 Å². The fourth-order valence-electron chi connectivity index (χ4n) is 3.07. The standard InChI is InChI=1S/C24H43NO3/c1-4-5-6-7-8-9-10-11-12-13-14-15-16-17-18-19-20-28-24(27)22(21(2)3)23(25)26/h8-9,11-12,21-22H,4-7,10,13-20H2,1-3H3,(H2,25,26)/t22-/m0/s1. The van der Waals surface area contributed by atoms with Gasteiger partial charge in [-0.15, -0.1) is 0 Å². The Morgan fingerprint density at radius 1 is 0.821 bits per heavy atom. The summed E-state index contributed by atoms with van der Waals surface area (Å²) in [6.45, 7) is 6.22. The van der Waals surface area contributed by atoms with Gasteiger partial charge in [0.15, 0.2) is 0 Å². The predicted molar refractivity (Wildman–Crippen MR) is 118 cm³/mol. The lowest BCUT2D eigenvalue weighted by molar-refractivity contribution is -0.153. The maximum atomic E-state index is 11.9. The molecule has 0 unspecified atom stereocenters. The second-order valence-corrected chi connectivity index (χ2v) is 7.88. The van der Waals surface area contributed by atoms with Crippen molar-refractivity contribution in [1.29, 1.82) is 0 Å². The molecular formula is C24H43NO3. The van der Waals surface area contributed by atoms with Crippen LogP contribution in [0.2, 0.25) is 0 Å². The summed E-state index contributed by atoms with van der Waals surface area (Å²) in [7, 11) is 0. The topological polar surface area (TPSA) is 69.4 Å². The van der Waals surface area contributed by atoms with E-state index in [1.54, 1.807) is 13.8 Å². The number of hydrogen-bond donors (Lipinski definition) is 1. The van der Waals surface area contributed by atoms with E-state index in [4.69, 9.17) is 10.5 Å². The van der Waals surface area contributed by atoms with Gasteiger partial charge in [-0.05, 0) is 44.4 Å². The van der Waals surface area contributed by atoms with Crippen molar-refractivity contribution in [3.8, 4) is 0 Å². The van der Waals surface area contributed by atoms with Crippen LogP contribution in [-0.2, 0) is 14.3 Å². The zero-order valence-electron chi connectivity index (χ0n) is 18.5. The van der Waals surface area contributed by atoms with Gasteiger partial charge >= 0.3 is 5.97 Å². The molecule has 0 aromatic carbocycles. The van der Waals surface area contributed by atoms with E-state index in [9.17, 15) is 9.59 Å². The second kappa shape index (κ2) is 18.8. The molecule has 0 heterocycles. The molecule has 0 aliphatic rings. The number of primary amides is 1. The van der Waals surface area contributed by atoms with Crippen molar-refractivity contribution in [2.45, 2.75) is 97.8 Å². The molecule has 0 aliphatic carbocycles. The largest absolute Gasteiger partial charge is 0.465 e. The highest BCUT2D eigenvalue weighted by Crippen LogP contribution is 2.13.